The number of carbonyl (C=O) groups excluding carboxylic acids is 1. The number of carbonyl (C=O) groups is 1. The molecule has 0 bridgehead atoms. The third kappa shape index (κ3) is 0.697. The van der Waals surface area contributed by atoms with Crippen molar-refractivity contribution >= 4 is 5.78 Å². The Bertz CT molecular complexity index is 142. The molecule has 2 rings (SSSR count). The van der Waals surface area contributed by atoms with Crippen LogP contribution in [0.25, 0.3) is 0 Å². The minimum absolute atomic E-state index is 0.282. The number of hydrogen-bond acceptors (Lipinski definition) is 2. The van der Waals surface area contributed by atoms with E-state index in [9.17, 15) is 4.79 Å². The third-order valence-electron chi connectivity index (χ3n) is 2.31. The molecule has 0 N–H and O–H groups in total. The Labute approximate surface area is 54.2 Å². The first-order chi connectivity index (χ1) is 4.38. The van der Waals surface area contributed by atoms with Crippen LogP contribution in [0.3, 0.4) is 0 Å². The fourth-order valence-corrected chi connectivity index (χ4v) is 1.79. The minimum Gasteiger partial charge on any atom is -0.370 e. The van der Waals surface area contributed by atoms with Crippen molar-refractivity contribution in [3.8, 4) is 0 Å². The molecular formula is C7H10O2. The molecule has 2 aliphatic rings. The highest BCUT2D eigenvalue weighted by molar-refractivity contribution is 5.84. The molecule has 0 amide bonds. The van der Waals surface area contributed by atoms with E-state index in [1.54, 1.807) is 0 Å². The minimum atomic E-state index is 0.282. The van der Waals surface area contributed by atoms with Crippen LogP contribution in [0.4, 0.5) is 0 Å². The average Bonchev–Trinajstić information content (AvgIpc) is 2.35. The molecule has 2 heteroatoms. The van der Waals surface area contributed by atoms with E-state index in [-0.39, 0.29) is 5.92 Å². The van der Waals surface area contributed by atoms with Gasteiger partial charge in [-0.25, -0.2) is 0 Å². The summed E-state index contributed by atoms with van der Waals surface area (Å²) in [5.74, 6) is 0.613. The van der Waals surface area contributed by atoms with Gasteiger partial charge in [-0.1, -0.05) is 6.42 Å². The van der Waals surface area contributed by atoms with Crippen molar-refractivity contribution in [2.45, 2.75) is 25.4 Å². The normalized spacial score (nSPS) is 41.6. The van der Waals surface area contributed by atoms with E-state index in [0.717, 1.165) is 12.8 Å². The molecule has 2 nitrogen and oxygen atoms in total. The SMILES string of the molecule is O=C1COC2CCCC12. The van der Waals surface area contributed by atoms with Gasteiger partial charge in [0.25, 0.3) is 0 Å². The molecule has 1 aliphatic carbocycles. The van der Waals surface area contributed by atoms with Gasteiger partial charge in [0.2, 0.25) is 0 Å². The Morgan fingerprint density at radius 3 is 3.11 bits per heavy atom. The molecular weight excluding hydrogens is 116 g/mol. The van der Waals surface area contributed by atoms with Crippen LogP contribution in [0.2, 0.25) is 0 Å². The lowest BCUT2D eigenvalue weighted by Gasteiger charge is -2.02. The highest BCUT2D eigenvalue weighted by Crippen LogP contribution is 2.33. The number of ketones is 1. The van der Waals surface area contributed by atoms with Gasteiger partial charge in [0.05, 0.1) is 6.10 Å². The lowest BCUT2D eigenvalue weighted by atomic mass is 10.0. The highest BCUT2D eigenvalue weighted by Gasteiger charge is 2.38. The first-order valence-corrected chi connectivity index (χ1v) is 3.52. The van der Waals surface area contributed by atoms with Gasteiger partial charge < -0.3 is 4.74 Å². The van der Waals surface area contributed by atoms with E-state index < -0.39 is 0 Å². The average molecular weight is 126 g/mol. The molecule has 2 fully saturated rings. The van der Waals surface area contributed by atoms with E-state index >= 15 is 0 Å². The maximum absolute atomic E-state index is 10.9. The molecule has 1 saturated heterocycles. The molecule has 1 aliphatic heterocycles. The van der Waals surface area contributed by atoms with Crippen LogP contribution < -0.4 is 0 Å². The first kappa shape index (κ1) is 5.42. The molecule has 0 spiro atoms. The standard InChI is InChI=1S/C7H10O2/c8-6-4-9-7-3-1-2-5(6)7/h5,7H,1-4H2. The Balaban J connectivity index is 2.15. The largest absolute Gasteiger partial charge is 0.370 e. The van der Waals surface area contributed by atoms with Crippen LogP contribution in [0.1, 0.15) is 19.3 Å². The fraction of sp³-hybridized carbons (Fsp3) is 0.857. The summed E-state index contributed by atoms with van der Waals surface area (Å²) < 4.78 is 5.24. The summed E-state index contributed by atoms with van der Waals surface area (Å²) in [6, 6.07) is 0. The molecule has 50 valence electrons. The van der Waals surface area contributed by atoms with Crippen molar-refractivity contribution in [3.63, 3.8) is 0 Å². The fourth-order valence-electron chi connectivity index (χ4n) is 1.79. The number of rotatable bonds is 0. The van der Waals surface area contributed by atoms with E-state index in [1.165, 1.54) is 6.42 Å². The van der Waals surface area contributed by atoms with E-state index in [4.69, 9.17) is 4.74 Å². The summed E-state index contributed by atoms with van der Waals surface area (Å²) in [4.78, 5) is 10.9. The first-order valence-electron chi connectivity index (χ1n) is 3.52. The van der Waals surface area contributed by atoms with Crippen LogP contribution in [0, 0.1) is 5.92 Å². The number of Topliss-reactive ketones (excluding diaryl/α,β-unsaturated/α-hetero) is 1. The van der Waals surface area contributed by atoms with Gasteiger partial charge in [-0.15, -0.1) is 0 Å². The molecule has 2 atom stereocenters. The summed E-state index contributed by atoms with van der Waals surface area (Å²) in [5.41, 5.74) is 0. The van der Waals surface area contributed by atoms with Crippen molar-refractivity contribution < 1.29 is 9.53 Å². The third-order valence-corrected chi connectivity index (χ3v) is 2.31. The summed E-state index contributed by atoms with van der Waals surface area (Å²) in [5, 5.41) is 0. The Kier molecular flexibility index (Phi) is 1.09. The lowest BCUT2D eigenvalue weighted by molar-refractivity contribution is -0.120. The van der Waals surface area contributed by atoms with Crippen LogP contribution >= 0.6 is 0 Å². The Morgan fingerprint density at radius 2 is 2.33 bits per heavy atom. The van der Waals surface area contributed by atoms with Crippen molar-refractivity contribution in [2.24, 2.45) is 5.92 Å². The maximum Gasteiger partial charge on any atom is 0.164 e. The van der Waals surface area contributed by atoms with Gasteiger partial charge in [0.15, 0.2) is 5.78 Å². The lowest BCUT2D eigenvalue weighted by Crippen LogP contribution is -2.12. The zero-order valence-corrected chi connectivity index (χ0v) is 5.30. The molecule has 1 heterocycles. The van der Waals surface area contributed by atoms with E-state index in [1.807, 2.05) is 0 Å². The van der Waals surface area contributed by atoms with E-state index in [0.29, 0.717) is 18.5 Å². The molecule has 1 saturated carbocycles. The summed E-state index contributed by atoms with van der Waals surface area (Å²) in [7, 11) is 0. The summed E-state index contributed by atoms with van der Waals surface area (Å²) in [6.45, 7) is 0.384. The van der Waals surface area contributed by atoms with Crippen LogP contribution in [0.15, 0.2) is 0 Å². The van der Waals surface area contributed by atoms with Gasteiger partial charge in [-0.05, 0) is 12.8 Å². The Morgan fingerprint density at radius 1 is 1.44 bits per heavy atom. The van der Waals surface area contributed by atoms with Crippen LogP contribution in [0.5, 0.6) is 0 Å². The molecule has 0 aromatic heterocycles. The van der Waals surface area contributed by atoms with Crippen molar-refractivity contribution in [1.82, 2.24) is 0 Å². The topological polar surface area (TPSA) is 26.3 Å². The second-order valence-electron chi connectivity index (χ2n) is 2.85. The van der Waals surface area contributed by atoms with Gasteiger partial charge in [-0.3, -0.25) is 4.79 Å². The predicted octanol–water partition coefficient (Wildman–Crippen LogP) is 0.754. The van der Waals surface area contributed by atoms with Gasteiger partial charge >= 0.3 is 0 Å². The van der Waals surface area contributed by atoms with E-state index in [2.05, 4.69) is 0 Å². The molecule has 0 aromatic carbocycles. The second kappa shape index (κ2) is 1.81. The van der Waals surface area contributed by atoms with Gasteiger partial charge in [0, 0.05) is 5.92 Å². The summed E-state index contributed by atoms with van der Waals surface area (Å²) >= 11 is 0. The quantitative estimate of drug-likeness (QED) is 0.479. The highest BCUT2D eigenvalue weighted by atomic mass is 16.5. The smallest absolute Gasteiger partial charge is 0.164 e. The molecule has 9 heavy (non-hydrogen) atoms. The van der Waals surface area contributed by atoms with Crippen LogP contribution in [-0.4, -0.2) is 18.5 Å². The van der Waals surface area contributed by atoms with Crippen molar-refractivity contribution in [1.29, 1.82) is 0 Å². The second-order valence-corrected chi connectivity index (χ2v) is 2.85. The van der Waals surface area contributed by atoms with Gasteiger partial charge in [0.1, 0.15) is 6.61 Å². The molecule has 0 radical (unpaired) electrons. The molecule has 0 aromatic rings. The Hall–Kier alpha value is -0.370. The van der Waals surface area contributed by atoms with Crippen LogP contribution in [-0.2, 0) is 9.53 Å². The predicted molar refractivity (Wildman–Crippen MR) is 32.1 cm³/mol. The number of fused-ring (bicyclic) bond motifs is 1. The number of hydrogen-bond donors (Lipinski definition) is 0. The summed E-state index contributed by atoms with van der Waals surface area (Å²) in [6.07, 6.45) is 3.67. The van der Waals surface area contributed by atoms with Crippen molar-refractivity contribution in [2.75, 3.05) is 6.61 Å². The number of ether oxygens (including phenoxy) is 1. The van der Waals surface area contributed by atoms with Gasteiger partial charge in [-0.2, -0.15) is 0 Å². The zero-order chi connectivity index (χ0) is 6.27. The monoisotopic (exact) mass is 126 g/mol. The molecule has 2 unspecified atom stereocenters. The van der Waals surface area contributed by atoms with Crippen molar-refractivity contribution in [3.05, 3.63) is 0 Å². The maximum atomic E-state index is 10.9. The zero-order valence-electron chi connectivity index (χ0n) is 5.30.